The van der Waals surface area contributed by atoms with Gasteiger partial charge in [0, 0.05) is 17.7 Å². The van der Waals surface area contributed by atoms with Crippen molar-refractivity contribution in [2.24, 2.45) is 0 Å². The Morgan fingerprint density at radius 1 is 1.28 bits per heavy atom. The number of ketones is 1. The van der Waals surface area contributed by atoms with E-state index in [-0.39, 0.29) is 48.2 Å². The van der Waals surface area contributed by atoms with E-state index in [1.54, 1.807) is 24.3 Å². The summed E-state index contributed by atoms with van der Waals surface area (Å²) in [5.74, 6) is -0.0467. The fourth-order valence-corrected chi connectivity index (χ4v) is 1.83. The van der Waals surface area contributed by atoms with Crippen LogP contribution in [0, 0.1) is 0 Å². The maximum absolute atomic E-state index is 11.6. The summed E-state index contributed by atoms with van der Waals surface area (Å²) >= 11 is 0. The van der Waals surface area contributed by atoms with E-state index < -0.39 is 15.9 Å². The average Bonchev–Trinajstić information content (AvgIpc) is 2.27. The summed E-state index contributed by atoms with van der Waals surface area (Å²) in [5, 5.41) is 0. The molecule has 94 valence electrons. The smallest absolute Gasteiger partial charge is 0.748 e. The number of benzene rings is 1. The Labute approximate surface area is 129 Å². The van der Waals surface area contributed by atoms with Gasteiger partial charge in [-0.2, -0.15) is 0 Å². The molecule has 1 aromatic rings. The maximum Gasteiger partial charge on any atom is 1.00 e. The van der Waals surface area contributed by atoms with Crippen LogP contribution >= 0.6 is 0 Å². The molecule has 0 fully saturated rings. The fourth-order valence-electron chi connectivity index (χ4n) is 1.33. The molecule has 0 aliphatic carbocycles. The topological polar surface area (TPSA) is 83.5 Å². The summed E-state index contributed by atoms with van der Waals surface area (Å²) in [6, 6.07) is 6.51. The quantitative estimate of drug-likeness (QED) is 0.349. The SMILES string of the molecule is COc1ccc(C(=O)CCCS(=O)(=O)[O-])cc1.[Na+]. The van der Waals surface area contributed by atoms with E-state index in [2.05, 4.69) is 0 Å². The molecule has 0 amide bonds. The van der Waals surface area contributed by atoms with Gasteiger partial charge in [-0.25, -0.2) is 8.42 Å². The van der Waals surface area contributed by atoms with Crippen molar-refractivity contribution in [1.82, 2.24) is 0 Å². The van der Waals surface area contributed by atoms with Crippen LogP contribution in [0.25, 0.3) is 0 Å². The van der Waals surface area contributed by atoms with Gasteiger partial charge in [0.2, 0.25) is 0 Å². The van der Waals surface area contributed by atoms with E-state index in [9.17, 15) is 17.8 Å². The largest absolute Gasteiger partial charge is 1.00 e. The Kier molecular flexibility index (Phi) is 7.73. The molecule has 0 atom stereocenters. The van der Waals surface area contributed by atoms with Crippen LogP contribution in [-0.2, 0) is 10.1 Å². The summed E-state index contributed by atoms with van der Waals surface area (Å²) in [6.07, 6.45) is 0.102. The van der Waals surface area contributed by atoms with Crippen LogP contribution < -0.4 is 34.3 Å². The molecule has 0 N–H and O–H groups in total. The molecule has 1 rings (SSSR count). The van der Waals surface area contributed by atoms with Gasteiger partial charge in [-0.05, 0) is 30.7 Å². The van der Waals surface area contributed by atoms with Gasteiger partial charge in [0.1, 0.15) is 5.75 Å². The second kappa shape index (κ2) is 7.91. The molecule has 18 heavy (non-hydrogen) atoms. The summed E-state index contributed by atoms with van der Waals surface area (Å²) < 4.78 is 36.0. The number of hydrogen-bond donors (Lipinski definition) is 0. The zero-order valence-corrected chi connectivity index (χ0v) is 13.2. The van der Waals surface area contributed by atoms with Crippen molar-refractivity contribution in [3.8, 4) is 5.75 Å². The van der Waals surface area contributed by atoms with Gasteiger partial charge < -0.3 is 9.29 Å². The monoisotopic (exact) mass is 280 g/mol. The van der Waals surface area contributed by atoms with Crippen LogP contribution in [-0.4, -0.2) is 31.6 Å². The number of rotatable bonds is 6. The van der Waals surface area contributed by atoms with Crippen molar-refractivity contribution in [2.75, 3.05) is 12.9 Å². The molecule has 0 spiro atoms. The maximum atomic E-state index is 11.6. The van der Waals surface area contributed by atoms with Crippen LogP contribution in [0.1, 0.15) is 23.2 Å². The number of ether oxygens (including phenoxy) is 1. The molecule has 7 heteroatoms. The summed E-state index contributed by atoms with van der Waals surface area (Å²) in [4.78, 5) is 11.6. The number of carbonyl (C=O) groups excluding carboxylic acids is 1. The van der Waals surface area contributed by atoms with E-state index in [0.29, 0.717) is 11.3 Å². The molecule has 0 saturated heterocycles. The number of carbonyl (C=O) groups is 1. The van der Waals surface area contributed by atoms with Gasteiger partial charge in [0.05, 0.1) is 17.2 Å². The normalized spacial score (nSPS) is 10.6. The summed E-state index contributed by atoms with van der Waals surface area (Å²) in [6.45, 7) is 0. The summed E-state index contributed by atoms with van der Waals surface area (Å²) in [7, 11) is -2.71. The Morgan fingerprint density at radius 2 is 1.83 bits per heavy atom. The van der Waals surface area contributed by atoms with Gasteiger partial charge >= 0.3 is 29.6 Å². The van der Waals surface area contributed by atoms with Gasteiger partial charge in [-0.1, -0.05) is 0 Å². The Bertz CT molecular complexity index is 481. The second-order valence-corrected chi connectivity index (χ2v) is 5.04. The predicted molar refractivity (Wildman–Crippen MR) is 61.1 cm³/mol. The minimum atomic E-state index is -4.23. The van der Waals surface area contributed by atoms with Gasteiger partial charge in [0.25, 0.3) is 0 Å². The van der Waals surface area contributed by atoms with Crippen LogP contribution in [0.3, 0.4) is 0 Å². The van der Waals surface area contributed by atoms with Crippen molar-refractivity contribution in [2.45, 2.75) is 12.8 Å². The summed E-state index contributed by atoms with van der Waals surface area (Å²) in [5.41, 5.74) is 0.481. The minimum Gasteiger partial charge on any atom is -0.748 e. The first-order chi connectivity index (χ1) is 7.92. The number of methoxy groups -OCH3 is 1. The van der Waals surface area contributed by atoms with Crippen LogP contribution in [0.15, 0.2) is 24.3 Å². The van der Waals surface area contributed by atoms with E-state index >= 15 is 0 Å². The van der Waals surface area contributed by atoms with E-state index in [4.69, 9.17) is 4.74 Å². The molecule has 5 nitrogen and oxygen atoms in total. The molecule has 0 aromatic heterocycles. The molecule has 0 aliphatic rings. The molecule has 0 heterocycles. The standard InChI is InChI=1S/C11H14O5S.Na/c1-16-10-6-4-9(5-7-10)11(12)3-2-8-17(13,14)15;/h4-7H,2-3,8H2,1H3,(H,13,14,15);/q;+1/p-1. The van der Waals surface area contributed by atoms with E-state index in [1.165, 1.54) is 7.11 Å². The van der Waals surface area contributed by atoms with Crippen LogP contribution in [0.2, 0.25) is 0 Å². The molecular formula is C11H13NaO5S. The molecule has 0 radical (unpaired) electrons. The molecule has 0 unspecified atom stereocenters. The van der Waals surface area contributed by atoms with Gasteiger partial charge in [0.15, 0.2) is 5.78 Å². The van der Waals surface area contributed by atoms with Crippen molar-refractivity contribution in [3.63, 3.8) is 0 Å². The average molecular weight is 280 g/mol. The van der Waals surface area contributed by atoms with Gasteiger partial charge in [-0.3, -0.25) is 4.79 Å². The Hall–Kier alpha value is -0.400. The fraction of sp³-hybridized carbons (Fsp3) is 0.364. The molecule has 0 saturated carbocycles. The number of Topliss-reactive ketones (excluding diaryl/α,β-unsaturated/α-hetero) is 1. The zero-order chi connectivity index (χ0) is 12.9. The zero-order valence-electron chi connectivity index (χ0n) is 10.4. The number of hydrogen-bond acceptors (Lipinski definition) is 5. The van der Waals surface area contributed by atoms with Crippen molar-refractivity contribution in [1.29, 1.82) is 0 Å². The van der Waals surface area contributed by atoms with Gasteiger partial charge in [-0.15, -0.1) is 0 Å². The third-order valence-corrected chi connectivity index (χ3v) is 3.00. The van der Waals surface area contributed by atoms with Crippen LogP contribution in [0.4, 0.5) is 0 Å². The third kappa shape index (κ3) is 6.51. The Morgan fingerprint density at radius 3 is 2.28 bits per heavy atom. The first kappa shape index (κ1) is 17.6. The minimum absolute atomic E-state index is 0. The molecule has 1 aromatic carbocycles. The van der Waals surface area contributed by atoms with Crippen LogP contribution in [0.5, 0.6) is 5.75 Å². The van der Waals surface area contributed by atoms with E-state index in [1.807, 2.05) is 0 Å². The Balaban J connectivity index is 0.00000289. The van der Waals surface area contributed by atoms with Crippen molar-refractivity contribution < 1.29 is 52.1 Å². The first-order valence-corrected chi connectivity index (χ1v) is 6.61. The predicted octanol–water partition coefficient (Wildman–Crippen LogP) is -1.79. The van der Waals surface area contributed by atoms with Crippen molar-refractivity contribution >= 4 is 15.9 Å². The first-order valence-electron chi connectivity index (χ1n) is 5.03. The molecule has 0 aliphatic heterocycles. The van der Waals surface area contributed by atoms with Crippen molar-refractivity contribution in [3.05, 3.63) is 29.8 Å². The molecule has 0 bridgehead atoms. The third-order valence-electron chi connectivity index (χ3n) is 2.21. The second-order valence-electron chi connectivity index (χ2n) is 3.52. The molecular weight excluding hydrogens is 267 g/mol. The van der Waals surface area contributed by atoms with E-state index in [0.717, 1.165) is 0 Å².